The number of rotatable bonds is 4. The topological polar surface area (TPSA) is 82.4 Å². The number of nitriles is 1. The van der Waals surface area contributed by atoms with Crippen LogP contribution in [0.2, 0.25) is 0 Å². The smallest absolute Gasteiger partial charge is 0.243 e. The van der Waals surface area contributed by atoms with E-state index in [1.54, 1.807) is 7.11 Å². The van der Waals surface area contributed by atoms with E-state index in [1.807, 2.05) is 35.5 Å². The highest BCUT2D eigenvalue weighted by molar-refractivity contribution is 5.89. The molecule has 0 N–H and O–H groups in total. The summed E-state index contributed by atoms with van der Waals surface area (Å²) in [5.74, 6) is 0.646. The fourth-order valence-electron chi connectivity index (χ4n) is 5.01. The Kier molecular flexibility index (Phi) is 3.97. The SMILES string of the molecule is COc1ccc2cc(-c3cncc(N4CC5(CN(C(=O)C6(C#N)CC6)C5)C4)c3)ccc2n1. The molecule has 32 heavy (non-hydrogen) atoms. The first-order chi connectivity index (χ1) is 15.5. The van der Waals surface area contributed by atoms with Crippen LogP contribution in [0.3, 0.4) is 0 Å². The van der Waals surface area contributed by atoms with E-state index in [0.717, 1.165) is 66.7 Å². The third-order valence-corrected chi connectivity index (χ3v) is 7.06. The van der Waals surface area contributed by atoms with Gasteiger partial charge >= 0.3 is 0 Å². The van der Waals surface area contributed by atoms with Crippen LogP contribution in [0.4, 0.5) is 5.69 Å². The molecule has 2 aromatic heterocycles. The average Bonchev–Trinajstić information content (AvgIpc) is 3.58. The number of pyridine rings is 2. The van der Waals surface area contributed by atoms with Gasteiger partial charge < -0.3 is 14.5 Å². The second kappa shape index (κ2) is 6.67. The lowest BCUT2D eigenvalue weighted by atomic mass is 9.72. The van der Waals surface area contributed by atoms with Crippen LogP contribution in [0.5, 0.6) is 5.88 Å². The number of amides is 1. The first kappa shape index (κ1) is 19.1. The molecule has 1 amide bonds. The van der Waals surface area contributed by atoms with E-state index in [0.29, 0.717) is 5.88 Å². The second-order valence-corrected chi connectivity index (χ2v) is 9.40. The molecule has 3 fully saturated rings. The number of nitrogens with zero attached hydrogens (tertiary/aromatic N) is 5. The van der Waals surface area contributed by atoms with Gasteiger partial charge in [0.25, 0.3) is 0 Å². The van der Waals surface area contributed by atoms with Crippen LogP contribution in [0.25, 0.3) is 22.0 Å². The number of carbonyl (C=O) groups excluding carboxylic acids is 1. The Morgan fingerprint density at radius 3 is 2.59 bits per heavy atom. The minimum absolute atomic E-state index is 0.0381. The van der Waals surface area contributed by atoms with Crippen molar-refractivity contribution in [2.24, 2.45) is 10.8 Å². The standard InChI is InChI=1S/C25H23N5O2/c1-32-22-5-3-18-8-17(2-4-21(18)28-22)19-9-20(11-27-10-19)29-13-24(14-29)15-30(16-24)23(31)25(12-26)6-7-25/h2-5,8-11H,6-7,13-16H2,1H3. The van der Waals surface area contributed by atoms with Crippen LogP contribution in [0.1, 0.15) is 12.8 Å². The van der Waals surface area contributed by atoms with Gasteiger partial charge in [-0.15, -0.1) is 0 Å². The van der Waals surface area contributed by atoms with E-state index in [4.69, 9.17) is 4.74 Å². The number of methoxy groups -OCH3 is 1. The zero-order chi connectivity index (χ0) is 21.9. The molecule has 1 spiro atoms. The summed E-state index contributed by atoms with van der Waals surface area (Å²) >= 11 is 0. The first-order valence-corrected chi connectivity index (χ1v) is 10.9. The molecule has 6 rings (SSSR count). The molecule has 0 radical (unpaired) electrons. The van der Waals surface area contributed by atoms with Gasteiger partial charge in [0.05, 0.1) is 30.6 Å². The van der Waals surface area contributed by atoms with E-state index in [9.17, 15) is 10.1 Å². The monoisotopic (exact) mass is 425 g/mol. The van der Waals surface area contributed by atoms with Gasteiger partial charge in [-0.3, -0.25) is 9.78 Å². The summed E-state index contributed by atoms with van der Waals surface area (Å²) in [5.41, 5.74) is 3.63. The highest BCUT2D eigenvalue weighted by atomic mass is 16.5. The van der Waals surface area contributed by atoms with Gasteiger partial charge in [-0.2, -0.15) is 5.26 Å². The molecule has 4 heterocycles. The minimum atomic E-state index is -0.705. The molecule has 160 valence electrons. The Balaban J connectivity index is 1.15. The summed E-state index contributed by atoms with van der Waals surface area (Å²) in [6.07, 6.45) is 5.22. The zero-order valence-electron chi connectivity index (χ0n) is 17.9. The number of fused-ring (bicyclic) bond motifs is 1. The third kappa shape index (κ3) is 2.90. The molecule has 7 heteroatoms. The van der Waals surface area contributed by atoms with Crippen LogP contribution >= 0.6 is 0 Å². The summed E-state index contributed by atoms with van der Waals surface area (Å²) in [6, 6.07) is 14.5. The Hall–Kier alpha value is -3.66. The van der Waals surface area contributed by atoms with Crippen molar-refractivity contribution in [1.82, 2.24) is 14.9 Å². The van der Waals surface area contributed by atoms with Crippen molar-refractivity contribution in [3.05, 3.63) is 48.8 Å². The van der Waals surface area contributed by atoms with Gasteiger partial charge in [0.15, 0.2) is 0 Å². The summed E-state index contributed by atoms with van der Waals surface area (Å²) < 4.78 is 5.21. The van der Waals surface area contributed by atoms with E-state index < -0.39 is 5.41 Å². The lowest BCUT2D eigenvalue weighted by Crippen LogP contribution is -2.73. The molecule has 3 aromatic rings. The van der Waals surface area contributed by atoms with Crippen molar-refractivity contribution in [3.8, 4) is 23.1 Å². The fraction of sp³-hybridized carbons (Fsp3) is 0.360. The van der Waals surface area contributed by atoms with Gasteiger partial charge in [-0.1, -0.05) is 6.07 Å². The van der Waals surface area contributed by atoms with Crippen molar-refractivity contribution in [3.63, 3.8) is 0 Å². The van der Waals surface area contributed by atoms with Crippen molar-refractivity contribution in [1.29, 1.82) is 5.26 Å². The molecule has 1 saturated carbocycles. The summed E-state index contributed by atoms with van der Waals surface area (Å²) in [6.45, 7) is 3.37. The van der Waals surface area contributed by atoms with E-state index in [2.05, 4.69) is 39.1 Å². The Labute approximate surface area is 186 Å². The number of carbonyl (C=O) groups is 1. The predicted octanol–water partition coefficient (Wildman–Crippen LogP) is 3.26. The Bertz CT molecular complexity index is 1280. The minimum Gasteiger partial charge on any atom is -0.481 e. The van der Waals surface area contributed by atoms with Crippen LogP contribution in [-0.2, 0) is 4.79 Å². The van der Waals surface area contributed by atoms with Crippen LogP contribution in [-0.4, -0.2) is 54.1 Å². The van der Waals surface area contributed by atoms with Crippen molar-refractivity contribution >= 4 is 22.5 Å². The molecule has 2 aliphatic heterocycles. The second-order valence-electron chi connectivity index (χ2n) is 9.40. The number of aromatic nitrogens is 2. The molecule has 1 aliphatic carbocycles. The van der Waals surface area contributed by atoms with E-state index >= 15 is 0 Å². The zero-order valence-corrected chi connectivity index (χ0v) is 17.9. The molecule has 7 nitrogen and oxygen atoms in total. The first-order valence-electron chi connectivity index (χ1n) is 10.9. The number of hydrogen-bond acceptors (Lipinski definition) is 6. The largest absolute Gasteiger partial charge is 0.481 e. The molecule has 0 atom stereocenters. The molecule has 3 aliphatic rings. The number of likely N-dealkylation sites (tertiary alicyclic amines) is 1. The summed E-state index contributed by atoms with van der Waals surface area (Å²) in [5, 5.41) is 10.3. The van der Waals surface area contributed by atoms with Gasteiger partial charge in [0, 0.05) is 54.8 Å². The van der Waals surface area contributed by atoms with Crippen LogP contribution in [0, 0.1) is 22.2 Å². The molecule has 2 saturated heterocycles. The highest BCUT2D eigenvalue weighted by Gasteiger charge is 2.59. The van der Waals surface area contributed by atoms with Crippen molar-refractivity contribution in [2.75, 3.05) is 38.2 Å². The molecule has 0 bridgehead atoms. The van der Waals surface area contributed by atoms with Crippen LogP contribution < -0.4 is 9.64 Å². The van der Waals surface area contributed by atoms with Gasteiger partial charge in [0.2, 0.25) is 11.8 Å². The van der Waals surface area contributed by atoms with Crippen molar-refractivity contribution in [2.45, 2.75) is 12.8 Å². The summed E-state index contributed by atoms with van der Waals surface area (Å²) in [4.78, 5) is 25.7. The maximum atomic E-state index is 12.5. The highest BCUT2D eigenvalue weighted by Crippen LogP contribution is 2.50. The predicted molar refractivity (Wildman–Crippen MR) is 120 cm³/mol. The average molecular weight is 425 g/mol. The number of hydrogen-bond donors (Lipinski definition) is 0. The molecule has 1 aromatic carbocycles. The fourth-order valence-corrected chi connectivity index (χ4v) is 5.01. The molecular formula is C25H23N5O2. The quantitative estimate of drug-likeness (QED) is 0.638. The number of ether oxygens (including phenoxy) is 1. The third-order valence-electron chi connectivity index (χ3n) is 7.06. The maximum absolute atomic E-state index is 12.5. The lowest BCUT2D eigenvalue weighted by molar-refractivity contribution is -0.149. The Morgan fingerprint density at radius 1 is 1.06 bits per heavy atom. The van der Waals surface area contributed by atoms with E-state index in [-0.39, 0.29) is 11.3 Å². The van der Waals surface area contributed by atoms with Gasteiger partial charge in [0.1, 0.15) is 5.41 Å². The lowest BCUT2D eigenvalue weighted by Gasteiger charge is -2.61. The normalized spacial score (nSPS) is 19.8. The molecule has 0 unspecified atom stereocenters. The summed E-state index contributed by atoms with van der Waals surface area (Å²) in [7, 11) is 1.62. The van der Waals surface area contributed by atoms with E-state index in [1.165, 1.54) is 0 Å². The van der Waals surface area contributed by atoms with Crippen molar-refractivity contribution < 1.29 is 9.53 Å². The number of anilines is 1. The maximum Gasteiger partial charge on any atom is 0.243 e. The number of benzene rings is 1. The van der Waals surface area contributed by atoms with Gasteiger partial charge in [-0.05, 0) is 42.7 Å². The van der Waals surface area contributed by atoms with Gasteiger partial charge in [-0.25, -0.2) is 4.98 Å². The Morgan fingerprint density at radius 2 is 1.88 bits per heavy atom. The molecular weight excluding hydrogens is 402 g/mol. The van der Waals surface area contributed by atoms with Crippen LogP contribution in [0.15, 0.2) is 48.8 Å².